The summed E-state index contributed by atoms with van der Waals surface area (Å²) in [6, 6.07) is 93.9. The molecule has 0 aliphatic carbocycles. The molecule has 114 heavy (non-hydrogen) atoms. The van der Waals surface area contributed by atoms with Gasteiger partial charge in [0.05, 0.1) is 0 Å². The standard InChI is InChI=1S/C28H30O2.C25H25O2.2C22H18O2.CH3.4Co.4O/c1-6-7-13-26-19(2)14-23(15-20(26)3)18-24-16-21(4)27(22(5)17-24)30-28(29)25-11-9-8-10-12-25;1-16-11-21(12-17(2)20(16)5)15-22-13-18(3)24(19(4)14-22)27-25(26)23-9-7-6-8-10-23;2*1-22(2,18-11-7-4-8-12-18)19-13-15-20(16-14-19)24-21(23)17-9-5-3-6-10-17;;;;;;;;;/h8-9,11-12,14-17H,1,6-7,13,18H2,2-5H3;7-14H,15H2,1-5H3;5-16H,1-2H3;3,5,7-16H,1-2H3;1H3;;;;;;;;/q-2;-1;2*-2;-1;;;;;;;;. The van der Waals surface area contributed by atoms with Crippen molar-refractivity contribution < 1.29 is 116 Å². The van der Waals surface area contributed by atoms with E-state index in [1.807, 2.05) is 100 Å². The van der Waals surface area contributed by atoms with E-state index in [1.54, 1.807) is 97.1 Å². The van der Waals surface area contributed by atoms with E-state index in [-0.39, 0.29) is 42.1 Å². The van der Waals surface area contributed by atoms with Gasteiger partial charge in [0.1, 0.15) is 23.0 Å². The van der Waals surface area contributed by atoms with Gasteiger partial charge in [-0.3, -0.25) is 9.59 Å². The molecule has 12 aromatic carbocycles. The van der Waals surface area contributed by atoms with E-state index in [9.17, 15) is 19.2 Å². The predicted molar refractivity (Wildman–Crippen MR) is 430 cm³/mol. The molecule has 16 heteroatoms. The Labute approximate surface area is 706 Å². The van der Waals surface area contributed by atoms with Crippen LogP contribution in [-0.4, -0.2) is 23.9 Å². The van der Waals surface area contributed by atoms with Crippen molar-refractivity contribution >= 4 is 23.9 Å². The Morgan fingerprint density at radius 2 is 0.605 bits per heavy atom. The molecule has 0 aliphatic heterocycles. The van der Waals surface area contributed by atoms with Gasteiger partial charge in [-0.15, -0.1) is 11.1 Å². The summed E-state index contributed by atoms with van der Waals surface area (Å²) in [5.74, 6) is 0.921. The molecular weight excluding hydrogens is 1600 g/mol. The van der Waals surface area contributed by atoms with E-state index in [1.165, 1.54) is 66.8 Å². The molecule has 12 aromatic rings. The molecule has 0 N–H and O–H groups in total. The van der Waals surface area contributed by atoms with Gasteiger partial charge in [0.25, 0.3) is 11.9 Å². The summed E-state index contributed by atoms with van der Waals surface area (Å²) >= 11 is 9.25. The summed E-state index contributed by atoms with van der Waals surface area (Å²) in [5, 5.41) is 0. The number of hydrogen-bond donors (Lipinski definition) is 0. The molecule has 0 unspecified atom stereocenters. The molecule has 0 atom stereocenters. The van der Waals surface area contributed by atoms with Crippen molar-refractivity contribution in [2.24, 2.45) is 0 Å². The monoisotopic (exact) mass is 1700 g/mol. The summed E-state index contributed by atoms with van der Waals surface area (Å²) in [6.45, 7) is 31.5. The van der Waals surface area contributed by atoms with E-state index in [2.05, 4.69) is 241 Å². The van der Waals surface area contributed by atoms with Crippen LogP contribution in [0.3, 0.4) is 0 Å². The zero-order chi connectivity index (χ0) is 83.2. The number of hydrogen-bond acceptors (Lipinski definition) is 12. The fourth-order valence-electron chi connectivity index (χ4n) is 12.7. The van der Waals surface area contributed by atoms with Crippen molar-refractivity contribution in [1.82, 2.24) is 0 Å². The van der Waals surface area contributed by atoms with Crippen LogP contribution in [0.5, 0.6) is 23.0 Å². The van der Waals surface area contributed by atoms with Gasteiger partial charge in [0.2, 0.25) is 0 Å². The minimum absolute atomic E-state index is 0. The first-order valence-corrected chi connectivity index (χ1v) is 37.7. The van der Waals surface area contributed by atoms with Crippen molar-refractivity contribution in [3.8, 4) is 23.0 Å². The number of benzene rings is 12. The van der Waals surface area contributed by atoms with Gasteiger partial charge in [-0.05, 0) is 217 Å². The van der Waals surface area contributed by atoms with Gasteiger partial charge in [0.15, 0.2) is 0 Å². The second-order valence-corrected chi connectivity index (χ2v) is 27.6. The minimum atomic E-state index is -0.377. The Morgan fingerprint density at radius 1 is 0.333 bits per heavy atom. The molecule has 0 radical (unpaired) electrons. The van der Waals surface area contributed by atoms with E-state index in [4.69, 9.17) is 34.4 Å². The van der Waals surface area contributed by atoms with Crippen LogP contribution in [0, 0.1) is 113 Å². The molecule has 602 valence electrons. The normalized spacial score (nSPS) is 10.2. The molecule has 0 fully saturated rings. The van der Waals surface area contributed by atoms with Gasteiger partial charge in [-0.1, -0.05) is 118 Å². The van der Waals surface area contributed by atoms with Crippen LogP contribution in [0.4, 0.5) is 0 Å². The molecule has 0 spiro atoms. The van der Waals surface area contributed by atoms with Crippen LogP contribution in [0.2, 0.25) is 0 Å². The van der Waals surface area contributed by atoms with Crippen molar-refractivity contribution in [1.29, 1.82) is 0 Å². The number of aryl methyl sites for hydroxylation is 8. The number of unbranched alkanes of at least 4 members (excludes halogenated alkanes) is 1. The molecule has 12 nitrogen and oxygen atoms in total. The second-order valence-electron chi connectivity index (χ2n) is 27.6. The second kappa shape index (κ2) is 49.4. The topological polar surface area (TPSA) is 173 Å². The van der Waals surface area contributed by atoms with Gasteiger partial charge in [0, 0.05) is 0 Å². The molecule has 12 rings (SSSR count). The Morgan fingerprint density at radius 3 is 0.912 bits per heavy atom. The quantitative estimate of drug-likeness (QED) is 0.0426. The van der Waals surface area contributed by atoms with Crippen LogP contribution < -0.4 is 18.9 Å². The Kier molecular flexibility index (Phi) is 41.6. The number of ether oxygens (including phenoxy) is 4. The van der Waals surface area contributed by atoms with Crippen LogP contribution in [0.25, 0.3) is 0 Å². The fourth-order valence-corrected chi connectivity index (χ4v) is 12.7. The van der Waals surface area contributed by atoms with E-state index in [0.717, 1.165) is 65.5 Å². The van der Waals surface area contributed by atoms with E-state index >= 15 is 0 Å². The first-order valence-electron chi connectivity index (χ1n) is 36.0. The number of esters is 4. The Balaban J connectivity index is 0.000000311. The van der Waals surface area contributed by atoms with Gasteiger partial charge < -0.3 is 33.3 Å². The summed E-state index contributed by atoms with van der Waals surface area (Å²) in [5.41, 5.74) is 23.6. The maximum atomic E-state index is 12.4. The zero-order valence-electron chi connectivity index (χ0n) is 66.6. The third kappa shape index (κ3) is 28.7. The average Bonchev–Trinajstić information content (AvgIpc) is 0.785. The van der Waals surface area contributed by atoms with Crippen molar-refractivity contribution in [2.75, 3.05) is 0 Å². The average molecular weight is 1700 g/mol. The van der Waals surface area contributed by atoms with Crippen LogP contribution >= 0.6 is 0 Å². The van der Waals surface area contributed by atoms with Crippen molar-refractivity contribution in [2.45, 2.75) is 133 Å². The third-order valence-electron chi connectivity index (χ3n) is 18.9. The van der Waals surface area contributed by atoms with Crippen LogP contribution in [0.1, 0.15) is 182 Å². The van der Waals surface area contributed by atoms with Crippen molar-refractivity contribution in [3.05, 3.63) is 416 Å². The molecule has 0 aliphatic rings. The van der Waals surface area contributed by atoms with E-state index in [0.29, 0.717) is 45.3 Å². The number of rotatable bonds is 19. The van der Waals surface area contributed by atoms with Gasteiger partial charge in [-0.2, -0.15) is 188 Å². The summed E-state index contributed by atoms with van der Waals surface area (Å²) in [4.78, 5) is 48.9. The summed E-state index contributed by atoms with van der Waals surface area (Å²) in [7, 11) is 0. The molecular formula is C98H94Co4O12-8. The maximum absolute atomic E-state index is 12.4. The zero-order valence-corrected chi connectivity index (χ0v) is 70.7. The number of carbonyl (C=O) groups excluding carboxylic acids is 4. The summed E-state index contributed by atoms with van der Waals surface area (Å²) in [6.07, 6.45) is 4.92. The molecule has 0 saturated heterocycles. The van der Waals surface area contributed by atoms with Gasteiger partial charge in [-0.25, -0.2) is 9.59 Å². The first-order chi connectivity index (χ1) is 54.4. The SMILES string of the molecule is CC(C)(c1cc[c-]cc1)c1ccc(OC(=O)c2c[c-]ccc2)cc1.CC(C)(c1cc[c-]cc1)c1ccc(OC(=O)c2cc[c-]cc2)cc1.Cc1cc(Cc2cc(C)c(OC(=O)c3cc[c-]cc3)c(C)c2)cc(C)c1C.[CH2-]CCCc1c(C)cc(Cc2cc(C)c(OC(=O)c3c[c-]ccc3)c(C)c2)cc1C.[CH3-].[O]=[Co].[O]=[Co].[O]=[Co].[O]=[Co]. The van der Waals surface area contributed by atoms with E-state index < -0.39 is 0 Å². The molecule has 0 saturated carbocycles. The molecule has 0 heterocycles. The fraction of sp³-hybridized carbons (Fsp3) is 0.204. The third-order valence-corrected chi connectivity index (χ3v) is 18.9. The summed E-state index contributed by atoms with van der Waals surface area (Å²) < 4.78 is 53.9. The van der Waals surface area contributed by atoms with Crippen molar-refractivity contribution in [3.63, 3.8) is 0 Å². The van der Waals surface area contributed by atoms with Gasteiger partial charge >= 0.3 is 90.1 Å². The molecule has 0 amide bonds. The molecule has 0 aromatic heterocycles. The first kappa shape index (κ1) is 96.1. The predicted octanol–water partition coefficient (Wildman–Crippen LogP) is 22.2. The van der Waals surface area contributed by atoms with Crippen LogP contribution in [0.15, 0.2) is 243 Å². The molecule has 0 bridgehead atoms. The number of carbonyl (C=O) groups is 4. The Hall–Kier alpha value is -10.3. The Bertz CT molecular complexity index is 4740. The van der Waals surface area contributed by atoms with Crippen LogP contribution in [-0.2, 0) is 108 Å².